The molecule has 2 fully saturated rings. The Bertz CT molecular complexity index is 561. The minimum absolute atomic E-state index is 0.0647. The number of aryl methyl sites for hydroxylation is 1. The summed E-state index contributed by atoms with van der Waals surface area (Å²) in [6, 6.07) is 0.339. The topological polar surface area (TPSA) is 67.2 Å². The lowest BCUT2D eigenvalue weighted by Gasteiger charge is -2.27. The van der Waals surface area contributed by atoms with Crippen LogP contribution in [-0.2, 0) is 16.1 Å². The average Bonchev–Trinajstić information content (AvgIpc) is 3.05. The van der Waals surface area contributed by atoms with Gasteiger partial charge in [0.25, 0.3) is 0 Å². The maximum absolute atomic E-state index is 12.4. The molecule has 0 unspecified atom stereocenters. The number of anilines is 1. The summed E-state index contributed by atoms with van der Waals surface area (Å²) in [7, 11) is 0. The van der Waals surface area contributed by atoms with Crippen molar-refractivity contribution >= 4 is 17.5 Å². The predicted octanol–water partition coefficient (Wildman–Crippen LogP) is 2.41. The Morgan fingerprint density at radius 1 is 1.30 bits per heavy atom. The maximum atomic E-state index is 12.4. The van der Waals surface area contributed by atoms with E-state index >= 15 is 0 Å². The third-order valence-corrected chi connectivity index (χ3v) is 5.02. The van der Waals surface area contributed by atoms with E-state index in [9.17, 15) is 9.59 Å². The fourth-order valence-corrected chi connectivity index (χ4v) is 3.68. The molecule has 0 aromatic carbocycles. The molecule has 1 aromatic rings. The van der Waals surface area contributed by atoms with Gasteiger partial charge in [-0.1, -0.05) is 25.7 Å². The highest BCUT2D eigenvalue weighted by molar-refractivity contribution is 5.97. The number of hydrogen-bond acceptors (Lipinski definition) is 3. The van der Waals surface area contributed by atoms with Gasteiger partial charge in [0.15, 0.2) is 0 Å². The largest absolute Gasteiger partial charge is 0.339 e. The number of nitrogens with zero attached hydrogens (tertiary/aromatic N) is 3. The number of carbonyl (C=O) groups is 2. The van der Waals surface area contributed by atoms with Gasteiger partial charge in [0.2, 0.25) is 11.8 Å². The van der Waals surface area contributed by atoms with Gasteiger partial charge in [-0.2, -0.15) is 5.10 Å². The molecule has 3 rings (SSSR count). The molecule has 1 aromatic heterocycles. The number of carbonyl (C=O) groups excluding carboxylic acids is 2. The molecular weight excluding hydrogens is 292 g/mol. The number of nitrogens with one attached hydrogen (secondary N) is 1. The first-order valence-corrected chi connectivity index (χ1v) is 8.80. The van der Waals surface area contributed by atoms with Crippen molar-refractivity contribution in [3.8, 4) is 0 Å². The molecule has 2 heterocycles. The van der Waals surface area contributed by atoms with E-state index in [0.717, 1.165) is 19.4 Å². The predicted molar refractivity (Wildman–Crippen MR) is 87.8 cm³/mol. The molecule has 0 bridgehead atoms. The van der Waals surface area contributed by atoms with Gasteiger partial charge in [0.1, 0.15) is 0 Å². The van der Waals surface area contributed by atoms with Crippen molar-refractivity contribution in [3.05, 3.63) is 12.4 Å². The molecule has 6 nitrogen and oxygen atoms in total. The Morgan fingerprint density at radius 3 is 2.70 bits per heavy atom. The maximum Gasteiger partial charge on any atom is 0.229 e. The van der Waals surface area contributed by atoms with Crippen molar-refractivity contribution in [1.82, 2.24) is 14.7 Å². The van der Waals surface area contributed by atoms with Crippen LogP contribution in [0, 0.1) is 5.92 Å². The van der Waals surface area contributed by atoms with E-state index < -0.39 is 0 Å². The van der Waals surface area contributed by atoms with Crippen LogP contribution in [-0.4, -0.2) is 39.1 Å². The quantitative estimate of drug-likeness (QED) is 0.867. The van der Waals surface area contributed by atoms with Crippen LogP contribution in [0.1, 0.15) is 51.9 Å². The van der Waals surface area contributed by atoms with Crippen LogP contribution in [0.5, 0.6) is 0 Å². The van der Waals surface area contributed by atoms with Crippen LogP contribution in [0.2, 0.25) is 0 Å². The third-order valence-electron chi connectivity index (χ3n) is 5.02. The number of likely N-dealkylation sites (tertiary alicyclic amines) is 1. The Hall–Kier alpha value is -1.85. The molecule has 23 heavy (non-hydrogen) atoms. The highest BCUT2D eigenvalue weighted by atomic mass is 16.2. The zero-order chi connectivity index (χ0) is 16.2. The highest BCUT2D eigenvalue weighted by Crippen LogP contribution is 2.28. The summed E-state index contributed by atoms with van der Waals surface area (Å²) in [4.78, 5) is 26.7. The SMILES string of the molecule is CCn1cc(NC(=O)[C@@H]2CC(=O)N(C3CCCCCC3)C2)cn1. The summed E-state index contributed by atoms with van der Waals surface area (Å²) in [5, 5.41) is 7.05. The van der Waals surface area contributed by atoms with Crippen molar-refractivity contribution in [2.24, 2.45) is 5.92 Å². The fraction of sp³-hybridized carbons (Fsp3) is 0.706. The molecule has 1 saturated carbocycles. The molecule has 6 heteroatoms. The molecule has 2 aliphatic rings. The van der Waals surface area contributed by atoms with Gasteiger partial charge in [-0.25, -0.2) is 0 Å². The van der Waals surface area contributed by atoms with Gasteiger partial charge in [-0.3, -0.25) is 14.3 Å². The van der Waals surface area contributed by atoms with Crippen LogP contribution in [0.4, 0.5) is 5.69 Å². The molecule has 0 radical (unpaired) electrons. The standard InChI is InChI=1S/C17H26N4O2/c1-2-20-12-14(10-18-20)19-17(23)13-9-16(22)21(11-13)15-7-5-3-4-6-8-15/h10,12-13,15H,2-9,11H2,1H3,(H,19,23)/t13-/m1/s1. The Morgan fingerprint density at radius 2 is 2.04 bits per heavy atom. The number of amides is 2. The molecule has 1 N–H and O–H groups in total. The molecule has 1 atom stereocenters. The first-order valence-electron chi connectivity index (χ1n) is 8.80. The highest BCUT2D eigenvalue weighted by Gasteiger charge is 2.37. The normalized spacial score (nSPS) is 23.1. The Kier molecular flexibility index (Phi) is 4.98. The van der Waals surface area contributed by atoms with Crippen molar-refractivity contribution in [1.29, 1.82) is 0 Å². The van der Waals surface area contributed by atoms with Crippen molar-refractivity contribution < 1.29 is 9.59 Å². The van der Waals surface area contributed by atoms with E-state index in [4.69, 9.17) is 0 Å². The fourth-order valence-electron chi connectivity index (χ4n) is 3.68. The smallest absolute Gasteiger partial charge is 0.229 e. The second kappa shape index (κ2) is 7.15. The van der Waals surface area contributed by atoms with E-state index in [1.54, 1.807) is 10.9 Å². The summed E-state index contributed by atoms with van der Waals surface area (Å²) in [5.41, 5.74) is 0.706. The van der Waals surface area contributed by atoms with Gasteiger partial charge in [0, 0.05) is 31.7 Å². The van der Waals surface area contributed by atoms with Crippen molar-refractivity contribution in [3.63, 3.8) is 0 Å². The second-order valence-corrected chi connectivity index (χ2v) is 6.67. The lowest BCUT2D eigenvalue weighted by Crippen LogP contribution is -2.37. The van der Waals surface area contributed by atoms with E-state index in [2.05, 4.69) is 10.4 Å². The molecule has 1 aliphatic heterocycles. The van der Waals surface area contributed by atoms with Crippen LogP contribution < -0.4 is 5.32 Å². The third kappa shape index (κ3) is 3.74. The summed E-state index contributed by atoms with van der Waals surface area (Å²) >= 11 is 0. The van der Waals surface area contributed by atoms with Crippen LogP contribution >= 0.6 is 0 Å². The second-order valence-electron chi connectivity index (χ2n) is 6.67. The van der Waals surface area contributed by atoms with Gasteiger partial charge in [-0.15, -0.1) is 0 Å². The zero-order valence-corrected chi connectivity index (χ0v) is 13.8. The molecule has 2 amide bonds. The number of rotatable bonds is 4. The average molecular weight is 318 g/mol. The van der Waals surface area contributed by atoms with Gasteiger partial charge < -0.3 is 10.2 Å². The Labute approximate surface area is 137 Å². The van der Waals surface area contributed by atoms with E-state index in [-0.39, 0.29) is 17.7 Å². The first-order chi connectivity index (χ1) is 11.2. The summed E-state index contributed by atoms with van der Waals surface area (Å²) in [6.45, 7) is 3.34. The van der Waals surface area contributed by atoms with Crippen LogP contribution in [0.25, 0.3) is 0 Å². The summed E-state index contributed by atoms with van der Waals surface area (Å²) in [6.07, 6.45) is 10.9. The molecule has 1 aliphatic carbocycles. The van der Waals surface area contributed by atoms with Gasteiger partial charge in [0.05, 0.1) is 17.8 Å². The Balaban J connectivity index is 1.58. The monoisotopic (exact) mass is 318 g/mol. The summed E-state index contributed by atoms with van der Waals surface area (Å²) in [5.74, 6) is -0.165. The lowest BCUT2D eigenvalue weighted by atomic mass is 10.1. The van der Waals surface area contributed by atoms with Crippen molar-refractivity contribution in [2.45, 2.75) is 64.5 Å². The van der Waals surface area contributed by atoms with E-state index in [1.807, 2.05) is 18.0 Å². The van der Waals surface area contributed by atoms with Crippen molar-refractivity contribution in [2.75, 3.05) is 11.9 Å². The molecular formula is C17H26N4O2. The lowest BCUT2D eigenvalue weighted by molar-refractivity contribution is -0.130. The summed E-state index contributed by atoms with van der Waals surface area (Å²) < 4.78 is 1.77. The molecule has 1 saturated heterocycles. The minimum Gasteiger partial charge on any atom is -0.339 e. The molecule has 126 valence electrons. The van der Waals surface area contributed by atoms with Gasteiger partial charge >= 0.3 is 0 Å². The first kappa shape index (κ1) is 16.0. The molecule has 0 spiro atoms. The van der Waals surface area contributed by atoms with Gasteiger partial charge in [-0.05, 0) is 19.8 Å². The van der Waals surface area contributed by atoms with E-state index in [0.29, 0.717) is 24.7 Å². The number of hydrogen-bond donors (Lipinski definition) is 1. The zero-order valence-electron chi connectivity index (χ0n) is 13.8. The van der Waals surface area contributed by atoms with Crippen LogP contribution in [0.15, 0.2) is 12.4 Å². The van der Waals surface area contributed by atoms with E-state index in [1.165, 1.54) is 25.7 Å². The van der Waals surface area contributed by atoms with Crippen LogP contribution in [0.3, 0.4) is 0 Å². The number of aromatic nitrogens is 2. The minimum atomic E-state index is -0.240.